The molecule has 0 amide bonds. The average molecular weight is 250 g/mol. The molecule has 1 aliphatic rings. The van der Waals surface area contributed by atoms with Crippen molar-refractivity contribution in [3.8, 4) is 0 Å². The smallest absolute Gasteiger partial charge is 0.0581 e. The lowest BCUT2D eigenvalue weighted by molar-refractivity contribution is -0.169. The topological polar surface area (TPSA) is 58.7 Å². The molecule has 100 valence electrons. The van der Waals surface area contributed by atoms with Crippen molar-refractivity contribution in [2.45, 2.75) is 31.7 Å². The Morgan fingerprint density at radius 2 is 2.06 bits per heavy atom. The van der Waals surface area contributed by atoms with Gasteiger partial charge < -0.3 is 15.7 Å². The van der Waals surface area contributed by atoms with E-state index in [4.69, 9.17) is 15.7 Å². The lowest BCUT2D eigenvalue weighted by Gasteiger charge is -2.27. The van der Waals surface area contributed by atoms with Crippen LogP contribution in [0.5, 0.6) is 0 Å². The van der Waals surface area contributed by atoms with E-state index in [1.165, 1.54) is 11.1 Å². The summed E-state index contributed by atoms with van der Waals surface area (Å²) in [4.78, 5) is 5.36. The summed E-state index contributed by atoms with van der Waals surface area (Å²) >= 11 is 0. The minimum atomic E-state index is 0.129. The summed E-state index contributed by atoms with van der Waals surface area (Å²) in [6.45, 7) is 0.698. The second-order valence-corrected chi connectivity index (χ2v) is 4.81. The highest BCUT2D eigenvalue weighted by Crippen LogP contribution is 2.25. The normalized spacial score (nSPS) is 19.6. The fourth-order valence-electron chi connectivity index (χ4n) is 2.72. The summed E-state index contributed by atoms with van der Waals surface area (Å²) < 4.78 is 0. The molecule has 0 spiro atoms. The second-order valence-electron chi connectivity index (χ2n) is 4.81. The summed E-state index contributed by atoms with van der Waals surface area (Å²) in [5.74, 6) is 0. The Hall–Kier alpha value is -1.10. The van der Waals surface area contributed by atoms with Gasteiger partial charge in [0.1, 0.15) is 0 Å². The Morgan fingerprint density at radius 3 is 2.72 bits per heavy atom. The molecule has 0 saturated heterocycles. The van der Waals surface area contributed by atoms with Crippen LogP contribution < -0.4 is 5.73 Å². The Labute approximate surface area is 108 Å². The molecular weight excluding hydrogens is 228 g/mol. The van der Waals surface area contributed by atoms with Crippen LogP contribution in [0.15, 0.2) is 18.2 Å². The average Bonchev–Trinajstić information content (AvgIpc) is 2.58. The number of hydroxylamine groups is 2. The van der Waals surface area contributed by atoms with Crippen LogP contribution in [0.2, 0.25) is 0 Å². The molecule has 0 radical (unpaired) electrons. The van der Waals surface area contributed by atoms with Crippen LogP contribution in [-0.2, 0) is 17.7 Å². The predicted molar refractivity (Wildman–Crippen MR) is 72.1 cm³/mol. The van der Waals surface area contributed by atoms with Crippen LogP contribution in [-0.4, -0.2) is 36.5 Å². The van der Waals surface area contributed by atoms with Gasteiger partial charge in [-0.2, -0.15) is 5.06 Å². The van der Waals surface area contributed by atoms with Crippen LogP contribution >= 0.6 is 0 Å². The van der Waals surface area contributed by atoms with E-state index in [1.807, 2.05) is 11.1 Å². The molecular formula is C14H22N2O2. The number of aryl methyl sites for hydroxylation is 2. The largest absolute Gasteiger partial charge is 0.399 e. The fraction of sp³-hybridized carbons (Fsp3) is 0.571. The van der Waals surface area contributed by atoms with Gasteiger partial charge in [-0.3, -0.25) is 0 Å². The van der Waals surface area contributed by atoms with E-state index in [1.54, 1.807) is 7.11 Å². The molecule has 1 aliphatic carbocycles. The number of hydrogen-bond donors (Lipinski definition) is 2. The van der Waals surface area contributed by atoms with Gasteiger partial charge in [-0.15, -0.1) is 0 Å². The molecule has 0 heterocycles. The molecule has 3 N–H and O–H groups in total. The van der Waals surface area contributed by atoms with Gasteiger partial charge in [-0.05, 0) is 48.9 Å². The van der Waals surface area contributed by atoms with E-state index in [9.17, 15) is 0 Å². The van der Waals surface area contributed by atoms with Crippen molar-refractivity contribution in [1.29, 1.82) is 0 Å². The summed E-state index contributed by atoms with van der Waals surface area (Å²) in [6, 6.07) is 6.56. The third-order valence-corrected chi connectivity index (χ3v) is 3.69. The maximum absolute atomic E-state index is 9.04. The molecule has 2 rings (SSSR count). The van der Waals surface area contributed by atoms with Crippen molar-refractivity contribution >= 4 is 5.69 Å². The molecule has 0 saturated carbocycles. The summed E-state index contributed by atoms with van der Waals surface area (Å²) in [5.41, 5.74) is 9.43. The minimum Gasteiger partial charge on any atom is -0.399 e. The molecule has 4 heteroatoms. The molecule has 1 aromatic carbocycles. The van der Waals surface area contributed by atoms with Gasteiger partial charge in [0, 0.05) is 18.3 Å². The number of nitrogens with two attached hydrogens (primary N) is 1. The highest BCUT2D eigenvalue weighted by atomic mass is 16.7. The summed E-state index contributed by atoms with van der Waals surface area (Å²) in [6.07, 6.45) is 4.18. The van der Waals surface area contributed by atoms with E-state index in [-0.39, 0.29) is 6.61 Å². The van der Waals surface area contributed by atoms with Gasteiger partial charge >= 0.3 is 0 Å². The molecule has 1 atom stereocenters. The first-order valence-corrected chi connectivity index (χ1v) is 6.53. The monoisotopic (exact) mass is 250 g/mol. The molecule has 18 heavy (non-hydrogen) atoms. The van der Waals surface area contributed by atoms with Crippen molar-refractivity contribution in [2.75, 3.05) is 26.0 Å². The van der Waals surface area contributed by atoms with Crippen LogP contribution in [0.3, 0.4) is 0 Å². The van der Waals surface area contributed by atoms with Crippen LogP contribution in [0.25, 0.3) is 0 Å². The second kappa shape index (κ2) is 6.18. The first-order valence-electron chi connectivity index (χ1n) is 6.53. The third-order valence-electron chi connectivity index (χ3n) is 3.69. The summed E-state index contributed by atoms with van der Waals surface area (Å²) in [7, 11) is 1.67. The first kappa shape index (κ1) is 13.3. The number of nitrogen functional groups attached to an aromatic ring is 1. The van der Waals surface area contributed by atoms with Gasteiger partial charge in [0.15, 0.2) is 0 Å². The maximum Gasteiger partial charge on any atom is 0.0581 e. The Morgan fingerprint density at radius 1 is 1.33 bits per heavy atom. The number of fused-ring (bicyclic) bond motifs is 1. The van der Waals surface area contributed by atoms with Crippen molar-refractivity contribution in [3.63, 3.8) is 0 Å². The first-order chi connectivity index (χ1) is 8.74. The molecule has 0 aliphatic heterocycles. The predicted octanol–water partition coefficient (Wildman–Crippen LogP) is 1.37. The molecule has 0 aromatic heterocycles. The van der Waals surface area contributed by atoms with Crippen LogP contribution in [0, 0.1) is 0 Å². The van der Waals surface area contributed by atoms with E-state index < -0.39 is 0 Å². The number of aliphatic hydroxyl groups excluding tert-OH is 1. The number of aliphatic hydroxyl groups is 1. The van der Waals surface area contributed by atoms with Gasteiger partial charge in [-0.1, -0.05) is 6.07 Å². The number of anilines is 1. The van der Waals surface area contributed by atoms with Crippen LogP contribution in [0.1, 0.15) is 24.0 Å². The minimum absolute atomic E-state index is 0.129. The Bertz CT molecular complexity index is 395. The zero-order valence-corrected chi connectivity index (χ0v) is 10.9. The number of hydrogen-bond acceptors (Lipinski definition) is 4. The highest BCUT2D eigenvalue weighted by Gasteiger charge is 2.22. The van der Waals surface area contributed by atoms with Crippen LogP contribution in [0.4, 0.5) is 5.69 Å². The van der Waals surface area contributed by atoms with Crippen molar-refractivity contribution in [2.24, 2.45) is 0 Å². The zero-order chi connectivity index (χ0) is 13.0. The molecule has 4 nitrogen and oxygen atoms in total. The molecule has 0 bridgehead atoms. The van der Waals surface area contributed by atoms with E-state index >= 15 is 0 Å². The number of benzene rings is 1. The van der Waals surface area contributed by atoms with Gasteiger partial charge in [0.05, 0.1) is 13.7 Å². The van der Waals surface area contributed by atoms with Crippen molar-refractivity contribution in [1.82, 2.24) is 5.06 Å². The molecule has 1 unspecified atom stereocenters. The van der Waals surface area contributed by atoms with E-state index in [0.29, 0.717) is 12.6 Å². The standard InChI is InChI=1S/C14H22N2O2/c1-18-16(8-9-17)14-6-3-11-2-5-13(15)10-12(11)4-7-14/h2,5,10,14,17H,3-4,6-9,15H2,1H3. The van der Waals surface area contributed by atoms with Gasteiger partial charge in [0.25, 0.3) is 0 Å². The van der Waals surface area contributed by atoms with Crippen molar-refractivity contribution in [3.05, 3.63) is 29.3 Å². The number of nitrogens with zero attached hydrogens (tertiary/aromatic N) is 1. The molecule has 1 aromatic rings. The lowest BCUT2D eigenvalue weighted by atomic mass is 10.0. The Kier molecular flexibility index (Phi) is 4.58. The zero-order valence-electron chi connectivity index (χ0n) is 10.9. The highest BCUT2D eigenvalue weighted by molar-refractivity contribution is 5.45. The third kappa shape index (κ3) is 3.02. The molecule has 0 fully saturated rings. The van der Waals surface area contributed by atoms with E-state index in [2.05, 4.69) is 12.1 Å². The van der Waals surface area contributed by atoms with Gasteiger partial charge in [0.2, 0.25) is 0 Å². The number of rotatable bonds is 4. The quantitative estimate of drug-likeness (QED) is 0.481. The SMILES string of the molecule is CON(CCO)C1CCc2ccc(N)cc2CC1. The van der Waals surface area contributed by atoms with E-state index in [0.717, 1.165) is 31.4 Å². The Balaban J connectivity index is 2.06. The van der Waals surface area contributed by atoms with Gasteiger partial charge in [-0.25, -0.2) is 0 Å². The maximum atomic E-state index is 9.04. The summed E-state index contributed by atoms with van der Waals surface area (Å²) in [5, 5.41) is 10.9. The fourth-order valence-corrected chi connectivity index (χ4v) is 2.72. The van der Waals surface area contributed by atoms with Crippen molar-refractivity contribution < 1.29 is 9.94 Å². The lowest BCUT2D eigenvalue weighted by Crippen LogP contribution is -2.36.